The molecule has 0 saturated heterocycles. The Labute approximate surface area is 72.3 Å². The third-order valence-electron chi connectivity index (χ3n) is 1.77. The highest BCUT2D eigenvalue weighted by molar-refractivity contribution is 5.90. The van der Waals surface area contributed by atoms with Crippen LogP contribution in [0.5, 0.6) is 0 Å². The lowest BCUT2D eigenvalue weighted by molar-refractivity contribution is -0.132. The SMILES string of the molecule is CCC(C)CC=C(C#N)C(=O)O. The number of nitriles is 1. The minimum atomic E-state index is -1.14. The van der Waals surface area contributed by atoms with Gasteiger partial charge in [0.05, 0.1) is 0 Å². The quantitative estimate of drug-likeness (QED) is 0.514. The van der Waals surface area contributed by atoms with Gasteiger partial charge in [0.15, 0.2) is 0 Å². The highest BCUT2D eigenvalue weighted by atomic mass is 16.4. The van der Waals surface area contributed by atoms with Gasteiger partial charge in [-0.2, -0.15) is 5.26 Å². The van der Waals surface area contributed by atoms with Crippen molar-refractivity contribution in [2.24, 2.45) is 5.92 Å². The Hall–Kier alpha value is -1.30. The Bertz CT molecular complexity index is 225. The molecule has 0 radical (unpaired) electrons. The Morgan fingerprint density at radius 2 is 2.33 bits per heavy atom. The smallest absolute Gasteiger partial charge is 0.346 e. The molecule has 0 rings (SSSR count). The van der Waals surface area contributed by atoms with Gasteiger partial charge in [-0.1, -0.05) is 26.3 Å². The molecule has 3 heteroatoms. The predicted octanol–water partition coefficient (Wildman–Crippen LogP) is 1.96. The van der Waals surface area contributed by atoms with Crippen LogP contribution in [0.3, 0.4) is 0 Å². The molecule has 1 N–H and O–H groups in total. The van der Waals surface area contributed by atoms with Crippen molar-refractivity contribution in [1.82, 2.24) is 0 Å². The lowest BCUT2D eigenvalue weighted by Gasteiger charge is -2.02. The van der Waals surface area contributed by atoms with Crippen molar-refractivity contribution in [3.63, 3.8) is 0 Å². The van der Waals surface area contributed by atoms with E-state index < -0.39 is 5.97 Å². The average molecular weight is 167 g/mol. The van der Waals surface area contributed by atoms with E-state index in [0.717, 1.165) is 6.42 Å². The largest absolute Gasteiger partial charge is 0.477 e. The Balaban J connectivity index is 4.15. The van der Waals surface area contributed by atoms with Gasteiger partial charge in [0.1, 0.15) is 11.6 Å². The first-order valence-electron chi connectivity index (χ1n) is 3.95. The summed E-state index contributed by atoms with van der Waals surface area (Å²) in [6.45, 7) is 4.05. The molecule has 0 aromatic rings. The summed E-state index contributed by atoms with van der Waals surface area (Å²) in [6, 6.07) is 1.64. The summed E-state index contributed by atoms with van der Waals surface area (Å²) >= 11 is 0. The highest BCUT2D eigenvalue weighted by Gasteiger charge is 2.05. The Morgan fingerprint density at radius 1 is 1.75 bits per heavy atom. The van der Waals surface area contributed by atoms with Crippen molar-refractivity contribution < 1.29 is 9.90 Å². The van der Waals surface area contributed by atoms with Gasteiger partial charge in [0.25, 0.3) is 0 Å². The average Bonchev–Trinajstić information content (AvgIpc) is 2.04. The van der Waals surface area contributed by atoms with Crippen LogP contribution < -0.4 is 0 Å². The van der Waals surface area contributed by atoms with E-state index >= 15 is 0 Å². The second kappa shape index (κ2) is 5.36. The van der Waals surface area contributed by atoms with Crippen LogP contribution in [-0.4, -0.2) is 11.1 Å². The molecule has 0 aliphatic carbocycles. The zero-order valence-electron chi connectivity index (χ0n) is 7.37. The van der Waals surface area contributed by atoms with Crippen LogP contribution in [0.25, 0.3) is 0 Å². The molecule has 0 fully saturated rings. The van der Waals surface area contributed by atoms with Gasteiger partial charge < -0.3 is 5.11 Å². The zero-order valence-corrected chi connectivity index (χ0v) is 7.37. The van der Waals surface area contributed by atoms with Gasteiger partial charge in [-0.3, -0.25) is 0 Å². The van der Waals surface area contributed by atoms with Crippen LogP contribution >= 0.6 is 0 Å². The number of rotatable bonds is 4. The summed E-state index contributed by atoms with van der Waals surface area (Å²) in [5.74, 6) is -0.700. The third-order valence-corrected chi connectivity index (χ3v) is 1.77. The van der Waals surface area contributed by atoms with E-state index in [9.17, 15) is 4.79 Å². The number of nitrogens with zero attached hydrogens (tertiary/aromatic N) is 1. The summed E-state index contributed by atoms with van der Waals surface area (Å²) < 4.78 is 0. The molecule has 0 aliphatic heterocycles. The van der Waals surface area contributed by atoms with Crippen molar-refractivity contribution in [3.05, 3.63) is 11.6 Å². The van der Waals surface area contributed by atoms with E-state index in [1.807, 2.05) is 13.8 Å². The monoisotopic (exact) mass is 167 g/mol. The minimum absolute atomic E-state index is 0.157. The Kier molecular flexibility index (Phi) is 4.78. The van der Waals surface area contributed by atoms with Gasteiger partial charge >= 0.3 is 5.97 Å². The molecule has 66 valence electrons. The number of carboxylic acids is 1. The molecular weight excluding hydrogens is 154 g/mol. The first kappa shape index (κ1) is 10.7. The molecule has 0 aliphatic rings. The maximum atomic E-state index is 10.3. The van der Waals surface area contributed by atoms with Gasteiger partial charge in [0.2, 0.25) is 0 Å². The van der Waals surface area contributed by atoms with E-state index in [-0.39, 0.29) is 5.57 Å². The summed E-state index contributed by atoms with van der Waals surface area (Å²) in [5.41, 5.74) is -0.157. The molecular formula is C9H13NO2. The predicted molar refractivity (Wildman–Crippen MR) is 45.4 cm³/mol. The molecule has 3 nitrogen and oxygen atoms in total. The van der Waals surface area contributed by atoms with Gasteiger partial charge in [-0.15, -0.1) is 0 Å². The molecule has 0 saturated carbocycles. The van der Waals surface area contributed by atoms with Crippen LogP contribution in [0.4, 0.5) is 0 Å². The summed E-state index contributed by atoms with van der Waals surface area (Å²) in [6.07, 6.45) is 3.14. The molecule has 0 heterocycles. The zero-order chi connectivity index (χ0) is 9.56. The molecule has 0 aromatic heterocycles. The van der Waals surface area contributed by atoms with Gasteiger partial charge in [-0.25, -0.2) is 4.79 Å². The molecule has 0 spiro atoms. The van der Waals surface area contributed by atoms with Crippen molar-refractivity contribution in [2.75, 3.05) is 0 Å². The highest BCUT2D eigenvalue weighted by Crippen LogP contribution is 2.08. The van der Waals surface area contributed by atoms with Crippen LogP contribution in [0, 0.1) is 17.2 Å². The molecule has 1 atom stereocenters. The van der Waals surface area contributed by atoms with Gasteiger partial charge in [-0.05, 0) is 12.3 Å². The van der Waals surface area contributed by atoms with E-state index in [1.54, 1.807) is 6.07 Å². The molecule has 12 heavy (non-hydrogen) atoms. The second-order valence-corrected chi connectivity index (χ2v) is 2.78. The summed E-state index contributed by atoms with van der Waals surface area (Å²) in [5, 5.41) is 16.9. The standard InChI is InChI=1S/C9H13NO2/c1-3-7(2)4-5-8(6-10)9(11)12/h5,7H,3-4H2,1-2H3,(H,11,12). The fraction of sp³-hybridized carbons (Fsp3) is 0.556. The van der Waals surface area contributed by atoms with E-state index in [0.29, 0.717) is 12.3 Å². The van der Waals surface area contributed by atoms with E-state index in [2.05, 4.69) is 0 Å². The fourth-order valence-electron chi connectivity index (χ4n) is 0.666. The number of carbonyl (C=O) groups is 1. The molecule has 1 unspecified atom stereocenters. The first-order chi connectivity index (χ1) is 5.61. The fourth-order valence-corrected chi connectivity index (χ4v) is 0.666. The van der Waals surface area contributed by atoms with Crippen molar-refractivity contribution >= 4 is 5.97 Å². The van der Waals surface area contributed by atoms with Crippen LogP contribution in [0.1, 0.15) is 26.7 Å². The maximum Gasteiger partial charge on any atom is 0.346 e. The number of hydrogen-bond acceptors (Lipinski definition) is 2. The van der Waals surface area contributed by atoms with Crippen LogP contribution in [-0.2, 0) is 4.79 Å². The van der Waals surface area contributed by atoms with Crippen LogP contribution in [0.15, 0.2) is 11.6 Å². The normalized spacial score (nSPS) is 13.6. The van der Waals surface area contributed by atoms with Crippen molar-refractivity contribution in [1.29, 1.82) is 5.26 Å². The van der Waals surface area contributed by atoms with Gasteiger partial charge in [0, 0.05) is 0 Å². The number of hydrogen-bond donors (Lipinski definition) is 1. The lowest BCUT2D eigenvalue weighted by Crippen LogP contribution is -1.99. The van der Waals surface area contributed by atoms with E-state index in [1.165, 1.54) is 6.08 Å². The summed E-state index contributed by atoms with van der Waals surface area (Å²) in [4.78, 5) is 10.3. The minimum Gasteiger partial charge on any atom is -0.477 e. The number of aliphatic carboxylic acids is 1. The van der Waals surface area contributed by atoms with Crippen molar-refractivity contribution in [2.45, 2.75) is 26.7 Å². The second-order valence-electron chi connectivity index (χ2n) is 2.78. The number of carboxylic acid groups (broad SMARTS) is 1. The van der Waals surface area contributed by atoms with E-state index in [4.69, 9.17) is 10.4 Å². The molecule has 0 bridgehead atoms. The van der Waals surface area contributed by atoms with Crippen LogP contribution in [0.2, 0.25) is 0 Å². The first-order valence-corrected chi connectivity index (χ1v) is 3.95. The maximum absolute atomic E-state index is 10.3. The molecule has 0 amide bonds. The lowest BCUT2D eigenvalue weighted by atomic mass is 10.0. The topological polar surface area (TPSA) is 61.1 Å². The third kappa shape index (κ3) is 3.77. The Morgan fingerprint density at radius 3 is 2.67 bits per heavy atom. The summed E-state index contributed by atoms with van der Waals surface area (Å²) in [7, 11) is 0. The molecule has 0 aromatic carbocycles. The number of allylic oxidation sites excluding steroid dienone is 1. The van der Waals surface area contributed by atoms with Crippen molar-refractivity contribution in [3.8, 4) is 6.07 Å².